The SMILES string of the molecule is CC[C@H](C)c1nc(C(=O)O)c(C(=O)O)[nH]1. The average Bonchev–Trinajstić information content (AvgIpc) is 2.61. The Morgan fingerprint density at radius 1 is 1.40 bits per heavy atom. The highest BCUT2D eigenvalue weighted by molar-refractivity contribution is 5.98. The normalized spacial score (nSPS) is 12.4. The Balaban J connectivity index is 3.21. The molecule has 1 heterocycles. The number of nitrogens with one attached hydrogen (secondary N) is 1. The van der Waals surface area contributed by atoms with E-state index in [1.165, 1.54) is 0 Å². The Labute approximate surface area is 86.0 Å². The molecule has 0 bridgehead atoms. The molecule has 6 nitrogen and oxygen atoms in total. The minimum atomic E-state index is -1.33. The molecule has 0 unspecified atom stereocenters. The molecule has 0 fully saturated rings. The number of nitrogens with zero attached hydrogens (tertiary/aromatic N) is 1. The molecular formula is C9H12N2O4. The smallest absolute Gasteiger partial charge is 0.357 e. The molecule has 1 aromatic heterocycles. The van der Waals surface area contributed by atoms with Crippen molar-refractivity contribution in [1.29, 1.82) is 0 Å². The van der Waals surface area contributed by atoms with Crippen LogP contribution in [0.3, 0.4) is 0 Å². The summed E-state index contributed by atoms with van der Waals surface area (Å²) in [5.41, 5.74) is -0.796. The zero-order valence-electron chi connectivity index (χ0n) is 8.44. The van der Waals surface area contributed by atoms with Crippen molar-refractivity contribution in [3.63, 3.8) is 0 Å². The molecule has 1 rings (SSSR count). The predicted octanol–water partition coefficient (Wildman–Crippen LogP) is 1.32. The summed E-state index contributed by atoms with van der Waals surface area (Å²) in [5, 5.41) is 17.5. The largest absolute Gasteiger partial charge is 0.477 e. The van der Waals surface area contributed by atoms with E-state index in [-0.39, 0.29) is 11.6 Å². The van der Waals surface area contributed by atoms with E-state index in [9.17, 15) is 9.59 Å². The minimum Gasteiger partial charge on any atom is -0.477 e. The van der Waals surface area contributed by atoms with Crippen molar-refractivity contribution in [3.8, 4) is 0 Å². The van der Waals surface area contributed by atoms with Gasteiger partial charge in [-0.1, -0.05) is 13.8 Å². The lowest BCUT2D eigenvalue weighted by atomic mass is 10.1. The first-order valence-corrected chi connectivity index (χ1v) is 4.53. The van der Waals surface area contributed by atoms with Gasteiger partial charge >= 0.3 is 11.9 Å². The fraction of sp³-hybridized carbons (Fsp3) is 0.444. The van der Waals surface area contributed by atoms with Gasteiger partial charge in [0.15, 0.2) is 11.4 Å². The van der Waals surface area contributed by atoms with Crippen molar-refractivity contribution in [3.05, 3.63) is 17.2 Å². The maximum Gasteiger partial charge on any atom is 0.357 e. The first-order valence-electron chi connectivity index (χ1n) is 4.53. The van der Waals surface area contributed by atoms with Crippen molar-refractivity contribution >= 4 is 11.9 Å². The summed E-state index contributed by atoms with van der Waals surface area (Å²) in [4.78, 5) is 27.7. The standard InChI is InChI=1S/C9H12N2O4/c1-3-4(2)7-10-5(8(12)13)6(11-7)9(14)15/h4H,3H2,1-2H3,(H,10,11)(H,12,13)(H,14,15)/t4-/m0/s1. The summed E-state index contributed by atoms with van der Waals surface area (Å²) in [6, 6.07) is 0. The Kier molecular flexibility index (Phi) is 3.08. The Morgan fingerprint density at radius 2 is 2.00 bits per heavy atom. The molecule has 82 valence electrons. The zero-order chi connectivity index (χ0) is 11.6. The van der Waals surface area contributed by atoms with Crippen LogP contribution in [-0.4, -0.2) is 32.1 Å². The first kappa shape index (κ1) is 11.2. The summed E-state index contributed by atoms with van der Waals surface area (Å²) < 4.78 is 0. The van der Waals surface area contributed by atoms with Crippen LogP contribution in [0.5, 0.6) is 0 Å². The van der Waals surface area contributed by atoms with Gasteiger partial charge in [0.25, 0.3) is 0 Å². The summed E-state index contributed by atoms with van der Waals surface area (Å²) >= 11 is 0. The van der Waals surface area contributed by atoms with Gasteiger partial charge in [-0.15, -0.1) is 0 Å². The van der Waals surface area contributed by atoms with E-state index in [1.54, 1.807) is 0 Å². The number of rotatable bonds is 4. The van der Waals surface area contributed by atoms with Gasteiger partial charge in [-0.05, 0) is 6.42 Å². The molecule has 0 aliphatic carbocycles. The number of carbonyl (C=O) groups is 2. The van der Waals surface area contributed by atoms with Gasteiger partial charge < -0.3 is 15.2 Å². The topological polar surface area (TPSA) is 103 Å². The first-order chi connectivity index (χ1) is 6.97. The summed E-state index contributed by atoms with van der Waals surface area (Å²) in [5.74, 6) is -2.24. The maximum absolute atomic E-state index is 10.7. The second kappa shape index (κ2) is 4.12. The minimum absolute atomic E-state index is 0.0104. The van der Waals surface area contributed by atoms with Crippen LogP contribution < -0.4 is 0 Å². The lowest BCUT2D eigenvalue weighted by Gasteiger charge is -2.01. The number of aromatic nitrogens is 2. The highest BCUT2D eigenvalue weighted by Gasteiger charge is 2.23. The van der Waals surface area contributed by atoms with Crippen LogP contribution in [0.15, 0.2) is 0 Å². The fourth-order valence-corrected chi connectivity index (χ4v) is 1.13. The number of imidazole rings is 1. The van der Waals surface area contributed by atoms with E-state index < -0.39 is 17.6 Å². The number of hydrogen-bond acceptors (Lipinski definition) is 3. The van der Waals surface area contributed by atoms with Gasteiger partial charge in [-0.25, -0.2) is 14.6 Å². The molecule has 0 aliphatic rings. The Bertz CT molecular complexity index is 365. The van der Waals surface area contributed by atoms with E-state index in [0.29, 0.717) is 5.82 Å². The molecule has 1 aromatic rings. The van der Waals surface area contributed by atoms with Crippen LogP contribution in [0, 0.1) is 0 Å². The van der Waals surface area contributed by atoms with E-state index >= 15 is 0 Å². The fourth-order valence-electron chi connectivity index (χ4n) is 1.13. The number of hydrogen-bond donors (Lipinski definition) is 3. The second-order valence-corrected chi connectivity index (χ2v) is 3.27. The van der Waals surface area contributed by atoms with Gasteiger partial charge in [0.2, 0.25) is 0 Å². The van der Waals surface area contributed by atoms with Gasteiger partial charge in [0.1, 0.15) is 5.82 Å². The van der Waals surface area contributed by atoms with E-state index in [1.807, 2.05) is 13.8 Å². The molecule has 0 spiro atoms. The number of carboxylic acids is 2. The summed E-state index contributed by atoms with van der Waals surface area (Å²) in [6.07, 6.45) is 0.756. The molecule has 0 radical (unpaired) electrons. The molecule has 0 aliphatic heterocycles. The van der Waals surface area contributed by atoms with Crippen LogP contribution >= 0.6 is 0 Å². The number of aromatic carboxylic acids is 2. The Morgan fingerprint density at radius 3 is 2.33 bits per heavy atom. The molecule has 0 amide bonds. The van der Waals surface area contributed by atoms with Gasteiger partial charge in [-0.2, -0.15) is 0 Å². The molecule has 0 saturated heterocycles. The van der Waals surface area contributed by atoms with Gasteiger partial charge in [-0.3, -0.25) is 0 Å². The molecule has 1 atom stereocenters. The molecule has 0 saturated carbocycles. The van der Waals surface area contributed by atoms with Crippen molar-refractivity contribution < 1.29 is 19.8 Å². The molecule has 15 heavy (non-hydrogen) atoms. The third-order valence-corrected chi connectivity index (χ3v) is 2.22. The molecule has 0 aromatic carbocycles. The second-order valence-electron chi connectivity index (χ2n) is 3.27. The zero-order valence-corrected chi connectivity index (χ0v) is 8.44. The lowest BCUT2D eigenvalue weighted by Crippen LogP contribution is -2.07. The average molecular weight is 212 g/mol. The van der Waals surface area contributed by atoms with Crippen LogP contribution in [0.4, 0.5) is 0 Å². The monoisotopic (exact) mass is 212 g/mol. The van der Waals surface area contributed by atoms with Crippen molar-refractivity contribution in [1.82, 2.24) is 9.97 Å². The van der Waals surface area contributed by atoms with E-state index in [0.717, 1.165) is 6.42 Å². The number of aromatic amines is 1. The van der Waals surface area contributed by atoms with Crippen molar-refractivity contribution in [2.45, 2.75) is 26.2 Å². The molecule has 3 N–H and O–H groups in total. The van der Waals surface area contributed by atoms with Crippen LogP contribution in [-0.2, 0) is 0 Å². The molecule has 6 heteroatoms. The van der Waals surface area contributed by atoms with Crippen molar-refractivity contribution in [2.24, 2.45) is 0 Å². The highest BCUT2D eigenvalue weighted by Crippen LogP contribution is 2.17. The maximum atomic E-state index is 10.7. The van der Waals surface area contributed by atoms with Crippen LogP contribution in [0.2, 0.25) is 0 Å². The Hall–Kier alpha value is -1.85. The lowest BCUT2D eigenvalue weighted by molar-refractivity contribution is 0.0644. The van der Waals surface area contributed by atoms with Crippen LogP contribution in [0.25, 0.3) is 0 Å². The van der Waals surface area contributed by atoms with E-state index in [4.69, 9.17) is 10.2 Å². The predicted molar refractivity (Wildman–Crippen MR) is 51.2 cm³/mol. The third-order valence-electron chi connectivity index (χ3n) is 2.22. The quantitative estimate of drug-likeness (QED) is 0.698. The molecular weight excluding hydrogens is 200 g/mol. The van der Waals surface area contributed by atoms with E-state index in [2.05, 4.69) is 9.97 Å². The third kappa shape index (κ3) is 2.15. The van der Waals surface area contributed by atoms with Gasteiger partial charge in [0, 0.05) is 5.92 Å². The number of carboxylic acid groups (broad SMARTS) is 2. The van der Waals surface area contributed by atoms with Crippen molar-refractivity contribution in [2.75, 3.05) is 0 Å². The summed E-state index contributed by atoms with van der Waals surface area (Å²) in [6.45, 7) is 3.75. The van der Waals surface area contributed by atoms with Crippen LogP contribution in [0.1, 0.15) is 53.0 Å². The number of H-pyrrole nitrogens is 1. The summed E-state index contributed by atoms with van der Waals surface area (Å²) in [7, 11) is 0. The van der Waals surface area contributed by atoms with Gasteiger partial charge in [0.05, 0.1) is 0 Å². The highest BCUT2D eigenvalue weighted by atomic mass is 16.4.